The fourth-order valence-electron chi connectivity index (χ4n) is 2.28. The van der Waals surface area contributed by atoms with Crippen LogP contribution < -0.4 is 4.80 Å². The maximum absolute atomic E-state index is 13.7. The van der Waals surface area contributed by atoms with Crippen molar-refractivity contribution < 1.29 is 13.6 Å². The highest BCUT2D eigenvalue weighted by molar-refractivity contribution is 7.16. The average Bonchev–Trinajstić information content (AvgIpc) is 2.82. The summed E-state index contributed by atoms with van der Waals surface area (Å²) in [6.07, 6.45) is 0. The Kier molecular flexibility index (Phi) is 4.28. The Morgan fingerprint density at radius 3 is 2.61 bits per heavy atom. The van der Waals surface area contributed by atoms with Gasteiger partial charge in [0.1, 0.15) is 17.2 Å². The molecule has 0 fully saturated rings. The van der Waals surface area contributed by atoms with E-state index in [0.29, 0.717) is 16.4 Å². The van der Waals surface area contributed by atoms with E-state index in [4.69, 9.17) is 11.6 Å². The van der Waals surface area contributed by atoms with Crippen LogP contribution in [0.2, 0.25) is 5.02 Å². The molecule has 23 heavy (non-hydrogen) atoms. The number of aromatic nitrogens is 1. The first-order valence-electron chi connectivity index (χ1n) is 6.83. The van der Waals surface area contributed by atoms with Crippen molar-refractivity contribution in [3.05, 3.63) is 63.4 Å². The molecule has 0 saturated heterocycles. The zero-order chi connectivity index (χ0) is 16.6. The second kappa shape index (κ2) is 6.22. The molecule has 0 unspecified atom stereocenters. The van der Waals surface area contributed by atoms with Crippen molar-refractivity contribution in [1.82, 2.24) is 4.57 Å². The van der Waals surface area contributed by atoms with Gasteiger partial charge in [0.05, 0.1) is 10.2 Å². The zero-order valence-electron chi connectivity index (χ0n) is 12.0. The number of amides is 1. The van der Waals surface area contributed by atoms with Crippen LogP contribution in [-0.2, 0) is 6.54 Å². The van der Waals surface area contributed by atoms with Gasteiger partial charge in [-0.1, -0.05) is 29.0 Å². The van der Waals surface area contributed by atoms with Gasteiger partial charge in [0.2, 0.25) is 0 Å². The monoisotopic (exact) mass is 352 g/mol. The Balaban J connectivity index is 2.19. The molecule has 118 valence electrons. The number of hydrogen-bond donors (Lipinski definition) is 0. The lowest BCUT2D eigenvalue weighted by molar-refractivity contribution is 0.0990. The molecule has 0 bridgehead atoms. The number of benzene rings is 2. The number of aryl methyl sites for hydroxylation is 1. The summed E-state index contributed by atoms with van der Waals surface area (Å²) in [6, 6.07) is 8.60. The molecule has 3 rings (SSSR count). The van der Waals surface area contributed by atoms with Crippen LogP contribution in [0.4, 0.5) is 8.78 Å². The first-order chi connectivity index (χ1) is 11.0. The third-order valence-electron chi connectivity index (χ3n) is 3.33. The second-order valence-electron chi connectivity index (χ2n) is 4.75. The van der Waals surface area contributed by atoms with Crippen molar-refractivity contribution >= 4 is 39.1 Å². The number of carbonyl (C=O) groups is 1. The molecule has 0 atom stereocenters. The third kappa shape index (κ3) is 2.92. The number of halogens is 3. The lowest BCUT2D eigenvalue weighted by atomic mass is 10.2. The molecule has 1 heterocycles. The molecular weight excluding hydrogens is 342 g/mol. The molecule has 1 amide bonds. The van der Waals surface area contributed by atoms with Gasteiger partial charge in [-0.2, -0.15) is 4.99 Å². The van der Waals surface area contributed by atoms with Crippen molar-refractivity contribution in [3.63, 3.8) is 0 Å². The fraction of sp³-hybridized carbons (Fsp3) is 0.125. The quantitative estimate of drug-likeness (QED) is 0.673. The zero-order valence-corrected chi connectivity index (χ0v) is 13.6. The Labute approximate surface area is 139 Å². The molecule has 1 aromatic heterocycles. The van der Waals surface area contributed by atoms with E-state index in [0.717, 1.165) is 22.3 Å². The summed E-state index contributed by atoms with van der Waals surface area (Å²) in [6.45, 7) is 2.46. The van der Waals surface area contributed by atoms with Gasteiger partial charge >= 0.3 is 0 Å². The highest BCUT2D eigenvalue weighted by Gasteiger charge is 2.17. The van der Waals surface area contributed by atoms with E-state index in [1.165, 1.54) is 17.4 Å². The molecule has 7 heteroatoms. The highest BCUT2D eigenvalue weighted by Crippen LogP contribution is 2.22. The van der Waals surface area contributed by atoms with Crippen molar-refractivity contribution in [2.45, 2.75) is 13.5 Å². The van der Waals surface area contributed by atoms with Crippen LogP contribution in [0.15, 0.2) is 41.4 Å². The molecule has 0 N–H and O–H groups in total. The van der Waals surface area contributed by atoms with Gasteiger partial charge in [-0.25, -0.2) is 8.78 Å². The molecule has 0 aliphatic heterocycles. The maximum Gasteiger partial charge on any atom is 0.285 e. The molecular formula is C16H11ClF2N2OS. The number of carbonyl (C=O) groups excluding carboxylic acids is 1. The minimum absolute atomic E-state index is 0.373. The maximum atomic E-state index is 13.7. The predicted octanol–water partition coefficient (Wildman–Crippen LogP) is 4.40. The second-order valence-corrected chi connectivity index (χ2v) is 6.20. The van der Waals surface area contributed by atoms with E-state index in [9.17, 15) is 13.6 Å². The van der Waals surface area contributed by atoms with Gasteiger partial charge in [0, 0.05) is 11.6 Å². The molecule has 0 aliphatic rings. The van der Waals surface area contributed by atoms with Crippen molar-refractivity contribution in [2.24, 2.45) is 4.99 Å². The molecule has 0 radical (unpaired) electrons. The molecule has 0 aliphatic carbocycles. The normalized spacial score (nSPS) is 12.1. The van der Waals surface area contributed by atoms with Gasteiger partial charge in [-0.15, -0.1) is 0 Å². The summed E-state index contributed by atoms with van der Waals surface area (Å²) in [5.41, 5.74) is 0.216. The summed E-state index contributed by atoms with van der Waals surface area (Å²) < 4.78 is 30.0. The van der Waals surface area contributed by atoms with Crippen LogP contribution in [0.25, 0.3) is 10.2 Å². The summed E-state index contributed by atoms with van der Waals surface area (Å²) in [5, 5.41) is 0.569. The summed E-state index contributed by atoms with van der Waals surface area (Å²) >= 11 is 7.21. The molecule has 3 nitrogen and oxygen atoms in total. The fourth-order valence-corrected chi connectivity index (χ4v) is 3.65. The van der Waals surface area contributed by atoms with Crippen LogP contribution in [0.1, 0.15) is 17.3 Å². The van der Waals surface area contributed by atoms with Gasteiger partial charge in [-0.3, -0.25) is 4.79 Å². The summed E-state index contributed by atoms with van der Waals surface area (Å²) in [4.78, 5) is 16.5. The smallest absolute Gasteiger partial charge is 0.285 e. The minimum Gasteiger partial charge on any atom is -0.317 e. The van der Waals surface area contributed by atoms with E-state index in [2.05, 4.69) is 4.99 Å². The van der Waals surface area contributed by atoms with Crippen molar-refractivity contribution in [2.75, 3.05) is 0 Å². The predicted molar refractivity (Wildman–Crippen MR) is 86.8 cm³/mol. The summed E-state index contributed by atoms with van der Waals surface area (Å²) in [7, 11) is 0. The van der Waals surface area contributed by atoms with Crippen LogP contribution in [0, 0.1) is 11.6 Å². The van der Waals surface area contributed by atoms with Crippen LogP contribution >= 0.6 is 22.9 Å². The Bertz CT molecular complexity index is 958. The highest BCUT2D eigenvalue weighted by atomic mass is 35.5. The number of thiazole rings is 1. The average molecular weight is 353 g/mol. The lowest BCUT2D eigenvalue weighted by Gasteiger charge is -2.01. The summed E-state index contributed by atoms with van der Waals surface area (Å²) in [5.74, 6) is -2.79. The first-order valence-corrected chi connectivity index (χ1v) is 8.02. The van der Waals surface area contributed by atoms with Gasteiger partial charge in [0.25, 0.3) is 5.91 Å². The van der Waals surface area contributed by atoms with Gasteiger partial charge in [-0.05, 0) is 37.3 Å². The van der Waals surface area contributed by atoms with Crippen LogP contribution in [-0.4, -0.2) is 10.5 Å². The molecule has 3 aromatic rings. The van der Waals surface area contributed by atoms with Gasteiger partial charge in [0.15, 0.2) is 4.80 Å². The van der Waals surface area contributed by atoms with Crippen molar-refractivity contribution in [1.29, 1.82) is 0 Å². The first kappa shape index (κ1) is 15.8. The molecule has 0 spiro atoms. The Hall–Kier alpha value is -2.05. The van der Waals surface area contributed by atoms with Gasteiger partial charge < -0.3 is 4.57 Å². The molecule has 2 aromatic carbocycles. The van der Waals surface area contributed by atoms with E-state index >= 15 is 0 Å². The van der Waals surface area contributed by atoms with Crippen molar-refractivity contribution in [3.8, 4) is 0 Å². The lowest BCUT2D eigenvalue weighted by Crippen LogP contribution is -2.16. The number of fused-ring (bicyclic) bond motifs is 1. The number of nitrogens with zero attached hydrogens (tertiary/aromatic N) is 2. The standard InChI is InChI=1S/C16H11ClF2N2OS/c1-2-21-12-7-6-9(17)8-13(12)23-16(21)20-15(22)14-10(18)4-3-5-11(14)19/h3-8H,2H2,1H3. The van der Waals surface area contributed by atoms with E-state index in [-0.39, 0.29) is 0 Å². The van der Waals surface area contributed by atoms with E-state index in [1.807, 2.05) is 13.0 Å². The van der Waals surface area contributed by atoms with E-state index in [1.54, 1.807) is 16.7 Å². The molecule has 0 saturated carbocycles. The topological polar surface area (TPSA) is 34.4 Å². The SMILES string of the molecule is CCn1c(=NC(=O)c2c(F)cccc2F)sc2cc(Cl)ccc21. The minimum atomic E-state index is -0.944. The van der Waals surface area contributed by atoms with Crippen LogP contribution in [0.3, 0.4) is 0 Å². The Morgan fingerprint density at radius 2 is 1.96 bits per heavy atom. The van der Waals surface area contributed by atoms with Crippen LogP contribution in [0.5, 0.6) is 0 Å². The Morgan fingerprint density at radius 1 is 1.26 bits per heavy atom. The van der Waals surface area contributed by atoms with E-state index < -0.39 is 23.1 Å². The number of rotatable bonds is 2. The largest absolute Gasteiger partial charge is 0.317 e. The number of hydrogen-bond acceptors (Lipinski definition) is 2. The third-order valence-corrected chi connectivity index (χ3v) is 4.61.